The monoisotopic (exact) mass is 244 g/mol. The van der Waals surface area contributed by atoms with E-state index in [0.717, 1.165) is 16.7 Å². The van der Waals surface area contributed by atoms with E-state index in [1.54, 1.807) is 18.3 Å². The lowest BCUT2D eigenvalue weighted by Crippen LogP contribution is -1.84. The maximum atomic E-state index is 5.79. The van der Waals surface area contributed by atoms with Crippen molar-refractivity contribution in [3.63, 3.8) is 0 Å². The third-order valence-electron chi connectivity index (χ3n) is 2.46. The van der Waals surface area contributed by atoms with Crippen molar-refractivity contribution >= 4 is 22.5 Å². The third kappa shape index (κ3) is 2.10. The molecular weight excluding hydrogens is 236 g/mol. The molecule has 0 spiro atoms. The summed E-state index contributed by atoms with van der Waals surface area (Å²) in [6, 6.07) is 11.3. The van der Waals surface area contributed by atoms with E-state index in [9.17, 15) is 0 Å². The first-order valence-corrected chi connectivity index (χ1v) is 5.56. The Balaban J connectivity index is 1.94. The van der Waals surface area contributed by atoms with E-state index in [4.69, 9.17) is 16.3 Å². The van der Waals surface area contributed by atoms with Crippen LogP contribution in [0.4, 0.5) is 0 Å². The zero-order chi connectivity index (χ0) is 11.7. The van der Waals surface area contributed by atoms with Crippen LogP contribution in [0.3, 0.4) is 0 Å². The summed E-state index contributed by atoms with van der Waals surface area (Å²) < 4.78 is 5.70. The molecule has 0 saturated heterocycles. The van der Waals surface area contributed by atoms with E-state index in [-0.39, 0.29) is 0 Å². The minimum Gasteiger partial charge on any atom is -0.457 e. The molecule has 3 nitrogen and oxygen atoms in total. The minimum atomic E-state index is 0.422. The van der Waals surface area contributed by atoms with Gasteiger partial charge in [0.15, 0.2) is 0 Å². The Labute approximate surface area is 103 Å². The summed E-state index contributed by atoms with van der Waals surface area (Å²) >= 11 is 5.79. The van der Waals surface area contributed by atoms with Gasteiger partial charge in [-0.25, -0.2) is 4.98 Å². The number of ether oxygens (including phenoxy) is 1. The SMILES string of the molecule is Clc1cc(Oc2ccc3[nH]ccc3c2)ccn1. The molecule has 1 aromatic carbocycles. The van der Waals surface area contributed by atoms with E-state index < -0.39 is 0 Å². The number of nitrogens with zero attached hydrogens (tertiary/aromatic N) is 1. The van der Waals surface area contributed by atoms with E-state index >= 15 is 0 Å². The van der Waals surface area contributed by atoms with Gasteiger partial charge in [-0.2, -0.15) is 0 Å². The molecule has 1 N–H and O–H groups in total. The lowest BCUT2D eigenvalue weighted by molar-refractivity contribution is 0.483. The molecular formula is C13H9ClN2O. The topological polar surface area (TPSA) is 37.9 Å². The van der Waals surface area contributed by atoms with Gasteiger partial charge >= 0.3 is 0 Å². The molecule has 3 aromatic rings. The number of hydrogen-bond donors (Lipinski definition) is 1. The summed E-state index contributed by atoms with van der Waals surface area (Å²) in [7, 11) is 0. The first kappa shape index (κ1) is 10.2. The highest BCUT2D eigenvalue weighted by Crippen LogP contribution is 2.25. The van der Waals surface area contributed by atoms with Gasteiger partial charge in [-0.05, 0) is 30.3 Å². The van der Waals surface area contributed by atoms with Crippen molar-refractivity contribution in [2.24, 2.45) is 0 Å². The number of hydrogen-bond acceptors (Lipinski definition) is 2. The van der Waals surface area contributed by atoms with E-state index in [0.29, 0.717) is 10.9 Å². The van der Waals surface area contributed by atoms with Crippen LogP contribution >= 0.6 is 11.6 Å². The van der Waals surface area contributed by atoms with E-state index in [1.165, 1.54) is 0 Å². The van der Waals surface area contributed by atoms with Crippen molar-refractivity contribution in [2.45, 2.75) is 0 Å². The van der Waals surface area contributed by atoms with Gasteiger partial charge in [0.05, 0.1) is 0 Å². The maximum Gasteiger partial charge on any atom is 0.132 e. The van der Waals surface area contributed by atoms with Crippen molar-refractivity contribution in [1.82, 2.24) is 9.97 Å². The summed E-state index contributed by atoms with van der Waals surface area (Å²) in [5.41, 5.74) is 1.09. The van der Waals surface area contributed by atoms with Crippen LogP contribution in [-0.2, 0) is 0 Å². The molecule has 0 aliphatic carbocycles. The minimum absolute atomic E-state index is 0.422. The van der Waals surface area contributed by atoms with Gasteiger partial charge in [0.1, 0.15) is 16.7 Å². The Morgan fingerprint density at radius 1 is 1.06 bits per heavy atom. The van der Waals surface area contributed by atoms with Gasteiger partial charge < -0.3 is 9.72 Å². The average Bonchev–Trinajstić information content (AvgIpc) is 2.76. The molecule has 0 aliphatic heterocycles. The lowest BCUT2D eigenvalue weighted by Gasteiger charge is -2.05. The largest absolute Gasteiger partial charge is 0.457 e. The predicted molar refractivity (Wildman–Crippen MR) is 67.6 cm³/mol. The first-order valence-electron chi connectivity index (χ1n) is 5.18. The highest BCUT2D eigenvalue weighted by Gasteiger charge is 2.00. The second-order valence-electron chi connectivity index (χ2n) is 3.64. The van der Waals surface area contributed by atoms with Gasteiger partial charge in [-0.15, -0.1) is 0 Å². The van der Waals surface area contributed by atoms with E-state index in [2.05, 4.69) is 9.97 Å². The lowest BCUT2D eigenvalue weighted by atomic mass is 10.2. The second kappa shape index (κ2) is 4.11. The smallest absolute Gasteiger partial charge is 0.132 e. The first-order chi connectivity index (χ1) is 8.31. The fourth-order valence-electron chi connectivity index (χ4n) is 1.68. The standard InChI is InChI=1S/C13H9ClN2O/c14-13-8-11(4-6-16-13)17-10-1-2-12-9(7-10)3-5-15-12/h1-8,15H. The Morgan fingerprint density at radius 2 is 1.94 bits per heavy atom. The summed E-state index contributed by atoms with van der Waals surface area (Å²) in [6.07, 6.45) is 3.52. The van der Waals surface area contributed by atoms with Crippen molar-refractivity contribution in [1.29, 1.82) is 0 Å². The number of nitrogens with one attached hydrogen (secondary N) is 1. The molecule has 84 valence electrons. The fourth-order valence-corrected chi connectivity index (χ4v) is 1.84. The maximum absolute atomic E-state index is 5.79. The predicted octanol–water partition coefficient (Wildman–Crippen LogP) is 4.01. The molecule has 2 aromatic heterocycles. The molecule has 2 heterocycles. The third-order valence-corrected chi connectivity index (χ3v) is 2.67. The van der Waals surface area contributed by atoms with Gasteiger partial charge in [0.25, 0.3) is 0 Å². The molecule has 4 heteroatoms. The molecule has 17 heavy (non-hydrogen) atoms. The van der Waals surface area contributed by atoms with Gasteiger partial charge in [0, 0.05) is 29.4 Å². The van der Waals surface area contributed by atoms with Crippen molar-refractivity contribution < 1.29 is 4.74 Å². The van der Waals surface area contributed by atoms with Crippen LogP contribution in [0.15, 0.2) is 48.8 Å². The van der Waals surface area contributed by atoms with Crippen molar-refractivity contribution in [3.05, 3.63) is 53.9 Å². The van der Waals surface area contributed by atoms with Crippen LogP contribution in [0.1, 0.15) is 0 Å². The molecule has 0 unspecified atom stereocenters. The Hall–Kier alpha value is -2.00. The van der Waals surface area contributed by atoms with E-state index in [1.807, 2.05) is 30.5 Å². The molecule has 0 bridgehead atoms. The van der Waals surface area contributed by atoms with Crippen LogP contribution in [0.2, 0.25) is 5.15 Å². The summed E-state index contributed by atoms with van der Waals surface area (Å²) in [4.78, 5) is 7.04. The number of H-pyrrole nitrogens is 1. The molecule has 0 saturated carbocycles. The van der Waals surface area contributed by atoms with Crippen LogP contribution in [0.25, 0.3) is 10.9 Å². The van der Waals surface area contributed by atoms with Crippen LogP contribution < -0.4 is 4.74 Å². The number of aromatic nitrogens is 2. The summed E-state index contributed by atoms with van der Waals surface area (Å²) in [6.45, 7) is 0. The van der Waals surface area contributed by atoms with Crippen LogP contribution in [-0.4, -0.2) is 9.97 Å². The highest BCUT2D eigenvalue weighted by molar-refractivity contribution is 6.29. The molecule has 0 atom stereocenters. The second-order valence-corrected chi connectivity index (χ2v) is 4.03. The van der Waals surface area contributed by atoms with Crippen LogP contribution in [0.5, 0.6) is 11.5 Å². The molecule has 3 rings (SSSR count). The average molecular weight is 245 g/mol. The molecule has 0 fully saturated rings. The Kier molecular flexibility index (Phi) is 2.46. The number of benzene rings is 1. The van der Waals surface area contributed by atoms with Gasteiger partial charge in [0.2, 0.25) is 0 Å². The zero-order valence-corrected chi connectivity index (χ0v) is 9.61. The van der Waals surface area contributed by atoms with Crippen molar-refractivity contribution in [3.8, 4) is 11.5 Å². The zero-order valence-electron chi connectivity index (χ0n) is 8.85. The Bertz CT molecular complexity index is 663. The van der Waals surface area contributed by atoms with Gasteiger partial charge in [-0.1, -0.05) is 11.6 Å². The normalized spacial score (nSPS) is 10.6. The number of pyridine rings is 1. The molecule has 0 radical (unpaired) electrons. The number of rotatable bonds is 2. The summed E-state index contributed by atoms with van der Waals surface area (Å²) in [5.74, 6) is 1.46. The van der Waals surface area contributed by atoms with Crippen LogP contribution in [0, 0.1) is 0 Å². The number of aromatic amines is 1. The Morgan fingerprint density at radius 3 is 2.82 bits per heavy atom. The molecule has 0 amide bonds. The van der Waals surface area contributed by atoms with Gasteiger partial charge in [-0.3, -0.25) is 0 Å². The quantitative estimate of drug-likeness (QED) is 0.692. The molecule has 0 aliphatic rings. The van der Waals surface area contributed by atoms with Crippen molar-refractivity contribution in [2.75, 3.05) is 0 Å². The highest BCUT2D eigenvalue weighted by atomic mass is 35.5. The number of halogens is 1. The fraction of sp³-hybridized carbons (Fsp3) is 0. The summed E-state index contributed by atoms with van der Waals surface area (Å²) in [5, 5.41) is 1.54. The number of fused-ring (bicyclic) bond motifs is 1.